The molecule has 4 N–H and O–H groups in total. The second kappa shape index (κ2) is 9.92. The van der Waals surface area contributed by atoms with E-state index in [0.29, 0.717) is 0 Å². The van der Waals surface area contributed by atoms with Crippen LogP contribution >= 0.6 is 0 Å². The SMILES string of the molecule is C[Si](C)(C)[Si](C)(C)[Si](C)(c1ccc(O)cc1)[Si](c1ccc(O)cc1)(c1ccc(O)cc1)c1ccc(O)cc1. The molecule has 0 bridgehead atoms. The van der Waals surface area contributed by atoms with Crippen LogP contribution in [-0.2, 0) is 0 Å². The number of phenolic OH excluding ortho intramolecular Hbond substituents is 4. The van der Waals surface area contributed by atoms with Crippen molar-refractivity contribution in [3.05, 3.63) is 97.1 Å². The fraction of sp³-hybridized carbons (Fsp3) is 0.200. The molecule has 4 nitrogen and oxygen atoms in total. The van der Waals surface area contributed by atoms with Crippen LogP contribution in [0.4, 0.5) is 0 Å². The fourth-order valence-electron chi connectivity index (χ4n) is 6.09. The van der Waals surface area contributed by atoms with Crippen LogP contribution in [0.1, 0.15) is 0 Å². The summed E-state index contributed by atoms with van der Waals surface area (Å²) in [6.45, 7) is 15.2. The topological polar surface area (TPSA) is 80.9 Å². The van der Waals surface area contributed by atoms with Gasteiger partial charge in [-0.3, -0.25) is 0 Å². The highest BCUT2D eigenvalue weighted by Gasteiger charge is 2.66. The van der Waals surface area contributed by atoms with Crippen molar-refractivity contribution in [1.82, 2.24) is 0 Å². The Balaban J connectivity index is 2.31. The number of hydrogen-bond acceptors (Lipinski definition) is 4. The highest BCUT2D eigenvalue weighted by molar-refractivity contribution is 7.90. The normalized spacial score (nSPS) is 14.2. The van der Waals surface area contributed by atoms with Crippen LogP contribution in [0, 0.1) is 0 Å². The molecule has 4 aromatic rings. The Bertz CT molecular complexity index is 1280. The van der Waals surface area contributed by atoms with Gasteiger partial charge in [-0.25, -0.2) is 0 Å². The van der Waals surface area contributed by atoms with Crippen LogP contribution < -0.4 is 20.7 Å². The largest absolute Gasteiger partial charge is 0.508 e. The van der Waals surface area contributed by atoms with Gasteiger partial charge in [0.2, 0.25) is 0 Å². The maximum Gasteiger partial charge on any atom is 0.141 e. The smallest absolute Gasteiger partial charge is 0.141 e. The first-order valence-electron chi connectivity index (χ1n) is 12.9. The molecule has 0 fully saturated rings. The molecule has 0 aromatic heterocycles. The van der Waals surface area contributed by atoms with Gasteiger partial charge < -0.3 is 20.4 Å². The Morgan fingerprint density at radius 3 is 0.842 bits per heavy atom. The van der Waals surface area contributed by atoms with Crippen LogP contribution in [0.3, 0.4) is 0 Å². The standard InChI is InChI=1S/C30H38O4Si4/c1-35(2,3)36(4,5)37(6,27-15-7-23(31)8-16-27)38(28-17-9-24(32)10-18-28,29-19-11-25(33)12-20-29)30-21-13-26(34)14-22-30/h7-22,31-34H,1-6H3. The molecule has 1 atom stereocenters. The molecule has 0 radical (unpaired) electrons. The molecule has 198 valence electrons. The van der Waals surface area contributed by atoms with E-state index in [9.17, 15) is 20.4 Å². The third kappa shape index (κ3) is 4.35. The second-order valence-corrected chi connectivity index (χ2v) is 49.0. The minimum absolute atomic E-state index is 0.225. The fourth-order valence-corrected chi connectivity index (χ4v) is 76.0. The molecule has 0 saturated heterocycles. The number of phenols is 4. The lowest BCUT2D eigenvalue weighted by Crippen LogP contribution is -2.95. The third-order valence-electron chi connectivity index (χ3n) is 9.22. The number of benzene rings is 4. The summed E-state index contributed by atoms with van der Waals surface area (Å²) in [7, 11) is -9.32. The maximum absolute atomic E-state index is 10.3. The first-order valence-corrected chi connectivity index (χ1v) is 26.9. The van der Waals surface area contributed by atoms with Crippen molar-refractivity contribution in [3.63, 3.8) is 0 Å². The van der Waals surface area contributed by atoms with Gasteiger partial charge in [0.15, 0.2) is 0 Å². The van der Waals surface area contributed by atoms with Crippen LogP contribution in [0.25, 0.3) is 0 Å². The molecule has 0 spiro atoms. The summed E-state index contributed by atoms with van der Waals surface area (Å²) in [4.78, 5) is 0. The van der Waals surface area contributed by atoms with E-state index in [1.807, 2.05) is 12.1 Å². The van der Waals surface area contributed by atoms with Crippen molar-refractivity contribution < 1.29 is 20.4 Å². The molecule has 0 amide bonds. The number of rotatable bonds is 7. The molecule has 0 heterocycles. The molecule has 0 saturated carbocycles. The van der Waals surface area contributed by atoms with Crippen LogP contribution in [0.15, 0.2) is 97.1 Å². The van der Waals surface area contributed by atoms with E-state index >= 15 is 0 Å². The van der Waals surface area contributed by atoms with E-state index in [-0.39, 0.29) is 23.0 Å². The molecule has 8 heteroatoms. The van der Waals surface area contributed by atoms with Gasteiger partial charge in [0, 0.05) is 14.7 Å². The Morgan fingerprint density at radius 2 is 0.605 bits per heavy atom. The predicted molar refractivity (Wildman–Crippen MR) is 169 cm³/mol. The van der Waals surface area contributed by atoms with Gasteiger partial charge in [-0.15, -0.1) is 0 Å². The highest BCUT2D eigenvalue weighted by atomic mass is 29.8. The molecule has 1 unspecified atom stereocenters. The molecule has 0 aliphatic carbocycles. The van der Waals surface area contributed by atoms with Gasteiger partial charge in [-0.05, 0) is 48.5 Å². The van der Waals surface area contributed by atoms with Gasteiger partial charge >= 0.3 is 0 Å². The summed E-state index contributed by atoms with van der Waals surface area (Å²) >= 11 is 0. The summed E-state index contributed by atoms with van der Waals surface area (Å²) in [5.41, 5.74) is 0. The maximum atomic E-state index is 10.3. The summed E-state index contributed by atoms with van der Waals surface area (Å²) in [5, 5.41) is 46.2. The van der Waals surface area contributed by atoms with Gasteiger partial charge in [0.25, 0.3) is 0 Å². The molecule has 4 rings (SSSR count). The average Bonchev–Trinajstić information content (AvgIpc) is 2.87. The van der Waals surface area contributed by atoms with Crippen molar-refractivity contribution in [1.29, 1.82) is 0 Å². The molecule has 0 aliphatic rings. The molecule has 4 aromatic carbocycles. The lowest BCUT2D eigenvalue weighted by atomic mass is 10.3. The van der Waals surface area contributed by atoms with E-state index < -0.39 is 29.4 Å². The first kappa shape index (κ1) is 28.0. The Labute approximate surface area is 229 Å². The molecule has 38 heavy (non-hydrogen) atoms. The van der Waals surface area contributed by atoms with Crippen LogP contribution in [-0.4, -0.2) is 49.8 Å². The predicted octanol–water partition coefficient (Wildman–Crippen LogP) is 4.25. The van der Waals surface area contributed by atoms with Gasteiger partial charge in [-0.1, -0.05) is 109 Å². The van der Waals surface area contributed by atoms with E-state index in [1.165, 1.54) is 20.7 Å². The zero-order valence-electron chi connectivity index (χ0n) is 23.0. The number of hydrogen-bond donors (Lipinski definition) is 4. The van der Waals surface area contributed by atoms with E-state index in [0.717, 1.165) is 0 Å². The summed E-state index contributed by atoms with van der Waals surface area (Å²) in [5.74, 6) is 0.928. The minimum Gasteiger partial charge on any atom is -0.508 e. The van der Waals surface area contributed by atoms with E-state index in [1.54, 1.807) is 36.4 Å². The van der Waals surface area contributed by atoms with E-state index in [2.05, 4.69) is 87.8 Å². The Kier molecular flexibility index (Phi) is 7.30. The van der Waals surface area contributed by atoms with Gasteiger partial charge in [0.05, 0.1) is 7.11 Å². The van der Waals surface area contributed by atoms with E-state index in [4.69, 9.17) is 0 Å². The van der Waals surface area contributed by atoms with Crippen molar-refractivity contribution in [2.24, 2.45) is 0 Å². The zero-order chi connectivity index (χ0) is 27.9. The first-order chi connectivity index (χ1) is 17.7. The zero-order valence-corrected chi connectivity index (χ0v) is 27.0. The van der Waals surface area contributed by atoms with Crippen LogP contribution in [0.5, 0.6) is 23.0 Å². The monoisotopic (exact) mass is 574 g/mol. The quantitative estimate of drug-likeness (QED) is 0.197. The Hall–Kier alpha value is -3.05. The van der Waals surface area contributed by atoms with Crippen molar-refractivity contribution in [2.75, 3.05) is 0 Å². The number of aromatic hydroxyl groups is 4. The summed E-state index contributed by atoms with van der Waals surface area (Å²) in [6, 6.07) is 31.1. The Morgan fingerprint density at radius 1 is 0.368 bits per heavy atom. The minimum atomic E-state index is -2.93. The second-order valence-electron chi connectivity index (χ2n) is 11.9. The summed E-state index contributed by atoms with van der Waals surface area (Å²) < 4.78 is 0. The van der Waals surface area contributed by atoms with Crippen LogP contribution in [0.2, 0.25) is 39.3 Å². The van der Waals surface area contributed by atoms with Crippen molar-refractivity contribution in [3.8, 4) is 23.0 Å². The lowest BCUT2D eigenvalue weighted by Gasteiger charge is -2.58. The lowest BCUT2D eigenvalue weighted by molar-refractivity contribution is 0.475. The highest BCUT2D eigenvalue weighted by Crippen LogP contribution is 2.36. The van der Waals surface area contributed by atoms with Gasteiger partial charge in [-0.2, -0.15) is 0 Å². The molecular formula is C30H38O4Si4. The summed E-state index contributed by atoms with van der Waals surface area (Å²) in [6.07, 6.45) is 0. The van der Waals surface area contributed by atoms with Crippen molar-refractivity contribution >= 4 is 50.1 Å². The average molecular weight is 575 g/mol. The molecule has 0 aliphatic heterocycles. The van der Waals surface area contributed by atoms with Gasteiger partial charge in [0.1, 0.15) is 30.6 Å². The third-order valence-corrected chi connectivity index (χ3v) is 72.1. The molecular weight excluding hydrogens is 537 g/mol. The van der Waals surface area contributed by atoms with Crippen molar-refractivity contribution in [2.45, 2.75) is 39.3 Å².